The number of aromatic nitrogens is 1. The van der Waals surface area contributed by atoms with Gasteiger partial charge in [-0.05, 0) is 29.8 Å². The molecule has 5 rings (SSSR count). The number of para-hydroxylation sites is 1. The predicted molar refractivity (Wildman–Crippen MR) is 103 cm³/mol. The van der Waals surface area contributed by atoms with E-state index in [-0.39, 0.29) is 19.1 Å². The maximum atomic E-state index is 12.8. The lowest BCUT2D eigenvalue weighted by atomic mass is 10.0. The molecule has 2 aliphatic heterocycles. The van der Waals surface area contributed by atoms with Crippen LogP contribution in [0.5, 0.6) is 11.5 Å². The van der Waals surface area contributed by atoms with Crippen LogP contribution in [0.1, 0.15) is 15.9 Å². The van der Waals surface area contributed by atoms with Gasteiger partial charge in [0.2, 0.25) is 6.79 Å². The number of Topliss-reactive ketones (excluding diaryl/α,β-unsaturated/α-hetero) is 1. The Kier molecular flexibility index (Phi) is 3.97. The van der Waals surface area contributed by atoms with Gasteiger partial charge in [0.15, 0.2) is 17.3 Å². The van der Waals surface area contributed by atoms with E-state index in [1.807, 2.05) is 30.5 Å². The Morgan fingerprint density at radius 3 is 2.83 bits per heavy atom. The zero-order valence-corrected chi connectivity index (χ0v) is 15.3. The van der Waals surface area contributed by atoms with Crippen LogP contribution in [0.15, 0.2) is 48.7 Å². The number of benzene rings is 2. The quantitative estimate of drug-likeness (QED) is 0.513. The lowest BCUT2D eigenvalue weighted by Crippen LogP contribution is -2.36. The minimum Gasteiger partial charge on any atom is -0.454 e. The van der Waals surface area contributed by atoms with Gasteiger partial charge in [-0.3, -0.25) is 14.5 Å². The number of nitrogens with zero attached hydrogens (tertiary/aromatic N) is 1. The summed E-state index contributed by atoms with van der Waals surface area (Å²) >= 11 is 0. The van der Waals surface area contributed by atoms with Crippen LogP contribution in [0.3, 0.4) is 0 Å². The van der Waals surface area contributed by atoms with Crippen LogP contribution in [0, 0.1) is 0 Å². The molecular formula is C21H17N3O5. The van der Waals surface area contributed by atoms with E-state index in [0.29, 0.717) is 23.5 Å². The second-order valence-electron chi connectivity index (χ2n) is 6.98. The molecule has 3 heterocycles. The highest BCUT2D eigenvalue weighted by atomic mass is 16.7. The van der Waals surface area contributed by atoms with Crippen LogP contribution in [-0.4, -0.2) is 47.0 Å². The molecule has 0 aliphatic carbocycles. The molecule has 0 bridgehead atoms. The van der Waals surface area contributed by atoms with Gasteiger partial charge in [-0.1, -0.05) is 18.2 Å². The Morgan fingerprint density at radius 1 is 1.10 bits per heavy atom. The highest BCUT2D eigenvalue weighted by molar-refractivity contribution is 6.09. The van der Waals surface area contributed by atoms with Crippen molar-refractivity contribution in [2.24, 2.45) is 0 Å². The summed E-state index contributed by atoms with van der Waals surface area (Å²) in [7, 11) is 0. The predicted octanol–water partition coefficient (Wildman–Crippen LogP) is 2.24. The van der Waals surface area contributed by atoms with Gasteiger partial charge in [0.25, 0.3) is 5.91 Å². The second-order valence-corrected chi connectivity index (χ2v) is 6.98. The lowest BCUT2D eigenvalue weighted by Gasteiger charge is -2.12. The SMILES string of the molecule is O=C(CN1C(=O)NC(Cc2c[nH]c3ccccc23)C1=O)c1ccc2c(c1)OCO2. The van der Waals surface area contributed by atoms with Gasteiger partial charge in [0, 0.05) is 29.1 Å². The number of imide groups is 1. The number of rotatable bonds is 5. The number of H-pyrrole nitrogens is 1. The number of carbonyl (C=O) groups excluding carboxylic acids is 3. The fraction of sp³-hybridized carbons (Fsp3) is 0.190. The van der Waals surface area contributed by atoms with Crippen LogP contribution in [0.4, 0.5) is 4.79 Å². The van der Waals surface area contributed by atoms with Gasteiger partial charge in [-0.15, -0.1) is 0 Å². The van der Waals surface area contributed by atoms with Crippen molar-refractivity contribution >= 4 is 28.6 Å². The average Bonchev–Trinajstić information content (AvgIpc) is 3.42. The first kappa shape index (κ1) is 17.3. The number of hydrogen-bond donors (Lipinski definition) is 2. The number of urea groups is 1. The maximum Gasteiger partial charge on any atom is 0.325 e. The van der Waals surface area contributed by atoms with E-state index in [0.717, 1.165) is 21.4 Å². The molecule has 29 heavy (non-hydrogen) atoms. The second kappa shape index (κ2) is 6.66. The number of hydrogen-bond acceptors (Lipinski definition) is 5. The number of nitrogens with one attached hydrogen (secondary N) is 2. The van der Waals surface area contributed by atoms with Gasteiger partial charge in [0.05, 0.1) is 6.54 Å². The fourth-order valence-corrected chi connectivity index (χ4v) is 3.69. The van der Waals surface area contributed by atoms with Gasteiger partial charge in [0.1, 0.15) is 6.04 Å². The number of ketones is 1. The molecule has 1 saturated heterocycles. The third-order valence-corrected chi connectivity index (χ3v) is 5.20. The van der Waals surface area contributed by atoms with E-state index in [2.05, 4.69) is 10.3 Å². The van der Waals surface area contributed by atoms with Crippen molar-refractivity contribution in [2.75, 3.05) is 13.3 Å². The molecule has 2 aromatic carbocycles. The molecule has 146 valence electrons. The molecule has 8 nitrogen and oxygen atoms in total. The van der Waals surface area contributed by atoms with Crippen molar-refractivity contribution in [2.45, 2.75) is 12.5 Å². The minimum atomic E-state index is -0.703. The summed E-state index contributed by atoms with van der Waals surface area (Å²) in [6.45, 7) is -0.218. The molecule has 1 unspecified atom stereocenters. The van der Waals surface area contributed by atoms with Crippen molar-refractivity contribution in [3.05, 3.63) is 59.8 Å². The number of fused-ring (bicyclic) bond motifs is 2. The van der Waals surface area contributed by atoms with Gasteiger partial charge in [-0.25, -0.2) is 4.79 Å². The largest absolute Gasteiger partial charge is 0.454 e. The Morgan fingerprint density at radius 2 is 1.93 bits per heavy atom. The standard InChI is InChI=1S/C21H17N3O5/c25-17(12-5-6-18-19(8-12)29-11-28-18)10-24-20(26)16(23-21(24)27)7-13-9-22-15-4-2-1-3-14(13)15/h1-6,8-9,16,22H,7,10-11H2,(H,23,27). The van der Waals surface area contributed by atoms with Crippen molar-refractivity contribution in [1.29, 1.82) is 0 Å². The monoisotopic (exact) mass is 391 g/mol. The minimum absolute atomic E-state index is 0.107. The number of ether oxygens (including phenoxy) is 2. The van der Waals surface area contributed by atoms with Crippen molar-refractivity contribution in [3.63, 3.8) is 0 Å². The molecule has 2 aliphatic rings. The number of aromatic amines is 1. The summed E-state index contributed by atoms with van der Waals surface area (Å²) in [6, 6.07) is 11.3. The first-order valence-corrected chi connectivity index (χ1v) is 9.20. The molecule has 2 N–H and O–H groups in total. The molecule has 3 amide bonds. The summed E-state index contributed by atoms with van der Waals surface area (Å²) in [4.78, 5) is 41.8. The fourth-order valence-electron chi connectivity index (χ4n) is 3.69. The van der Waals surface area contributed by atoms with Crippen LogP contribution >= 0.6 is 0 Å². The lowest BCUT2D eigenvalue weighted by molar-refractivity contribution is -0.127. The Labute approximate surface area is 165 Å². The zero-order chi connectivity index (χ0) is 20.0. The van der Waals surface area contributed by atoms with E-state index in [9.17, 15) is 14.4 Å². The molecule has 1 atom stereocenters. The smallest absolute Gasteiger partial charge is 0.325 e. The van der Waals surface area contributed by atoms with E-state index >= 15 is 0 Å². The van der Waals surface area contributed by atoms with Crippen LogP contribution < -0.4 is 14.8 Å². The van der Waals surface area contributed by atoms with Crippen LogP contribution in [0.25, 0.3) is 10.9 Å². The highest BCUT2D eigenvalue weighted by Gasteiger charge is 2.39. The summed E-state index contributed by atoms with van der Waals surface area (Å²) < 4.78 is 10.5. The van der Waals surface area contributed by atoms with Gasteiger partial charge < -0.3 is 19.8 Å². The molecule has 0 saturated carbocycles. The van der Waals surface area contributed by atoms with E-state index in [1.165, 1.54) is 0 Å². The zero-order valence-electron chi connectivity index (χ0n) is 15.3. The van der Waals surface area contributed by atoms with Crippen LogP contribution in [0.2, 0.25) is 0 Å². The molecule has 0 radical (unpaired) electrons. The Hall–Kier alpha value is -3.81. The molecule has 3 aromatic rings. The highest BCUT2D eigenvalue weighted by Crippen LogP contribution is 2.32. The third kappa shape index (κ3) is 2.98. The van der Waals surface area contributed by atoms with Crippen molar-refractivity contribution in [1.82, 2.24) is 15.2 Å². The van der Waals surface area contributed by atoms with E-state index < -0.39 is 18.0 Å². The molecule has 1 fully saturated rings. The molecule has 0 spiro atoms. The van der Waals surface area contributed by atoms with Crippen LogP contribution in [-0.2, 0) is 11.2 Å². The molecule has 1 aromatic heterocycles. The summed E-state index contributed by atoms with van der Waals surface area (Å²) in [5.41, 5.74) is 2.26. The molecular weight excluding hydrogens is 374 g/mol. The average molecular weight is 391 g/mol. The third-order valence-electron chi connectivity index (χ3n) is 5.20. The van der Waals surface area contributed by atoms with E-state index in [4.69, 9.17) is 9.47 Å². The Balaban J connectivity index is 1.31. The van der Waals surface area contributed by atoms with Crippen molar-refractivity contribution < 1.29 is 23.9 Å². The maximum absolute atomic E-state index is 12.8. The summed E-state index contributed by atoms with van der Waals surface area (Å²) in [5.74, 6) is 0.287. The topological polar surface area (TPSA) is 101 Å². The summed E-state index contributed by atoms with van der Waals surface area (Å²) in [5, 5.41) is 3.69. The van der Waals surface area contributed by atoms with Gasteiger partial charge >= 0.3 is 6.03 Å². The molecule has 8 heteroatoms. The summed E-state index contributed by atoms with van der Waals surface area (Å²) in [6.07, 6.45) is 2.19. The number of carbonyl (C=O) groups is 3. The van der Waals surface area contributed by atoms with E-state index in [1.54, 1.807) is 18.2 Å². The first-order chi connectivity index (χ1) is 14.1. The van der Waals surface area contributed by atoms with Gasteiger partial charge in [-0.2, -0.15) is 0 Å². The normalized spacial score (nSPS) is 17.8. The Bertz CT molecular complexity index is 1150. The van der Waals surface area contributed by atoms with Crippen molar-refractivity contribution in [3.8, 4) is 11.5 Å². The first-order valence-electron chi connectivity index (χ1n) is 9.20. The number of amides is 3.